The number of aliphatic hydroxyl groups excluding tert-OH is 1. The van der Waals surface area contributed by atoms with Crippen LogP contribution in [0.15, 0.2) is 23.8 Å². The van der Waals surface area contributed by atoms with E-state index in [0.717, 1.165) is 12.3 Å². The van der Waals surface area contributed by atoms with Gasteiger partial charge in [0.1, 0.15) is 0 Å². The van der Waals surface area contributed by atoms with Crippen LogP contribution in [0.25, 0.3) is 0 Å². The summed E-state index contributed by atoms with van der Waals surface area (Å²) in [6.07, 6.45) is 4.22. The van der Waals surface area contributed by atoms with Gasteiger partial charge in [0, 0.05) is 44.1 Å². The van der Waals surface area contributed by atoms with Crippen LogP contribution in [0.1, 0.15) is 26.7 Å². The van der Waals surface area contributed by atoms with Gasteiger partial charge in [-0.15, -0.1) is 0 Å². The van der Waals surface area contributed by atoms with Crippen LogP contribution in [0.4, 0.5) is 0 Å². The van der Waals surface area contributed by atoms with Gasteiger partial charge >= 0.3 is 0 Å². The molecule has 1 nitrogen and oxygen atoms in total. The summed E-state index contributed by atoms with van der Waals surface area (Å²) in [4.78, 5) is 0. The topological polar surface area (TPSA) is 20.2 Å². The molecule has 0 bridgehead atoms. The zero-order chi connectivity index (χ0) is 9.14. The first kappa shape index (κ1) is 13.9. The maximum Gasteiger partial charge on any atom is 0.0618 e. The van der Waals surface area contributed by atoms with Crippen molar-refractivity contribution in [1.82, 2.24) is 0 Å². The van der Waals surface area contributed by atoms with E-state index in [1.807, 2.05) is 6.08 Å². The van der Waals surface area contributed by atoms with Crippen molar-refractivity contribution in [3.63, 3.8) is 0 Å². The molecule has 0 amide bonds. The Morgan fingerprint density at radius 1 is 1.54 bits per heavy atom. The van der Waals surface area contributed by atoms with E-state index in [-0.39, 0.29) is 50.7 Å². The van der Waals surface area contributed by atoms with E-state index in [4.69, 9.17) is 5.11 Å². The third kappa shape index (κ3) is 3.86. The first-order valence-electron chi connectivity index (χ1n) is 4.64. The molecule has 0 aliphatic heterocycles. The fraction of sp³-hybridized carbons (Fsp3) is 0.636. The van der Waals surface area contributed by atoms with E-state index >= 15 is 0 Å². The summed E-state index contributed by atoms with van der Waals surface area (Å²) < 4.78 is 0. The number of allylic oxidation sites excluding steroid dienone is 2. The second kappa shape index (κ2) is 6.38. The first-order chi connectivity index (χ1) is 5.65. The fourth-order valence-electron chi connectivity index (χ4n) is 1.98. The molecule has 0 aromatic rings. The van der Waals surface area contributed by atoms with E-state index in [1.54, 1.807) is 0 Å². The van der Waals surface area contributed by atoms with Gasteiger partial charge in [0.2, 0.25) is 0 Å². The monoisotopic (exact) mass is 393 g/mol. The van der Waals surface area contributed by atoms with Gasteiger partial charge < -0.3 is 5.11 Å². The minimum Gasteiger partial charge on any atom is -0.392 e. The Balaban J connectivity index is 0.00000144. The van der Waals surface area contributed by atoms with Crippen molar-refractivity contribution < 1.29 is 49.2 Å². The number of aliphatic hydroxyl groups is 1. The van der Waals surface area contributed by atoms with E-state index < -0.39 is 0 Å². The Morgan fingerprint density at radius 2 is 2.15 bits per heavy atom. The van der Waals surface area contributed by atoms with Crippen LogP contribution in [0.3, 0.4) is 0 Å². The van der Waals surface area contributed by atoms with E-state index in [9.17, 15) is 0 Å². The molecule has 1 saturated carbocycles. The zero-order valence-corrected chi connectivity index (χ0v) is 13.3. The summed E-state index contributed by atoms with van der Waals surface area (Å²) in [5.74, 6) is 1.33. The molecule has 0 aromatic carbocycles. The molecule has 1 aliphatic carbocycles. The number of hydrogen-bond acceptors (Lipinski definition) is 1. The second-order valence-electron chi connectivity index (χ2n) is 3.88. The van der Waals surface area contributed by atoms with E-state index in [0.29, 0.717) is 5.92 Å². The summed E-state index contributed by atoms with van der Waals surface area (Å²) >= 11 is 0. The van der Waals surface area contributed by atoms with Crippen molar-refractivity contribution in [2.24, 2.45) is 11.8 Å². The van der Waals surface area contributed by atoms with Crippen LogP contribution in [0.5, 0.6) is 0 Å². The van der Waals surface area contributed by atoms with Crippen molar-refractivity contribution in [3.8, 4) is 0 Å². The van der Waals surface area contributed by atoms with Crippen LogP contribution in [0, 0.1) is 55.9 Å². The maximum absolute atomic E-state index is 8.79. The number of hydrogen-bond donors (Lipinski definition) is 1. The summed E-state index contributed by atoms with van der Waals surface area (Å²) in [7, 11) is 0. The molecule has 1 radical (unpaired) electrons. The number of rotatable bonds is 1. The Morgan fingerprint density at radius 3 is 2.69 bits per heavy atom. The van der Waals surface area contributed by atoms with Gasteiger partial charge in [-0.3, -0.25) is 0 Å². The van der Waals surface area contributed by atoms with Crippen molar-refractivity contribution in [2.75, 3.05) is 6.61 Å². The molecular formula is C11H18AcO. The molecule has 0 heterocycles. The molecule has 0 unspecified atom stereocenters. The summed E-state index contributed by atoms with van der Waals surface area (Å²) in [6, 6.07) is 0. The normalized spacial score (nSPS) is 31.6. The maximum atomic E-state index is 8.79. The van der Waals surface area contributed by atoms with E-state index in [1.165, 1.54) is 17.6 Å². The summed E-state index contributed by atoms with van der Waals surface area (Å²) in [5, 5.41) is 8.79. The van der Waals surface area contributed by atoms with Crippen LogP contribution in [-0.2, 0) is 0 Å². The zero-order valence-electron chi connectivity index (χ0n) is 8.59. The second-order valence-corrected chi connectivity index (χ2v) is 3.88. The molecule has 1 N–H and O–H groups in total. The SMILES string of the molecule is C=C1/C(=C\CO)C[C@@H](C)C[C@@H]1C.[Ac]. The molecule has 0 aromatic heterocycles. The van der Waals surface area contributed by atoms with Crippen LogP contribution in [0.2, 0.25) is 0 Å². The Hall–Kier alpha value is 0.882. The summed E-state index contributed by atoms with van der Waals surface area (Å²) in [5.41, 5.74) is 2.49. The van der Waals surface area contributed by atoms with Crippen LogP contribution < -0.4 is 0 Å². The molecule has 2 heteroatoms. The van der Waals surface area contributed by atoms with Crippen molar-refractivity contribution in [2.45, 2.75) is 26.7 Å². The van der Waals surface area contributed by atoms with Gasteiger partial charge in [-0.2, -0.15) is 0 Å². The molecule has 1 fully saturated rings. The van der Waals surface area contributed by atoms with Gasteiger partial charge in [-0.05, 0) is 35.8 Å². The molecular weight excluding hydrogens is 375 g/mol. The fourth-order valence-corrected chi connectivity index (χ4v) is 1.98. The minimum absolute atomic E-state index is 0. The van der Waals surface area contributed by atoms with Gasteiger partial charge in [0.25, 0.3) is 0 Å². The molecule has 2 atom stereocenters. The standard InChI is InChI=1S/C11H18O.Ac/c1-8-6-9(2)10(3)11(7-8)4-5-12;/h4,8-9,12H,3,5-7H2,1-2H3;/b11-4-;/t8-,9-;/m0./s1. The summed E-state index contributed by atoms with van der Waals surface area (Å²) in [6.45, 7) is 8.67. The largest absolute Gasteiger partial charge is 0.392 e. The van der Waals surface area contributed by atoms with Crippen molar-refractivity contribution in [1.29, 1.82) is 0 Å². The van der Waals surface area contributed by atoms with E-state index in [2.05, 4.69) is 20.4 Å². The van der Waals surface area contributed by atoms with Crippen molar-refractivity contribution in [3.05, 3.63) is 23.8 Å². The molecule has 0 spiro atoms. The Labute approximate surface area is 117 Å². The third-order valence-corrected chi connectivity index (χ3v) is 2.67. The van der Waals surface area contributed by atoms with Crippen LogP contribution >= 0.6 is 0 Å². The molecule has 0 saturated heterocycles. The average molecular weight is 393 g/mol. The molecule has 1 aliphatic rings. The van der Waals surface area contributed by atoms with Crippen LogP contribution in [-0.4, -0.2) is 11.7 Å². The average Bonchev–Trinajstić information content (AvgIpc) is 2.00. The molecule has 71 valence electrons. The third-order valence-electron chi connectivity index (χ3n) is 2.67. The first-order valence-corrected chi connectivity index (χ1v) is 4.64. The smallest absolute Gasteiger partial charge is 0.0618 e. The predicted octanol–water partition coefficient (Wildman–Crippen LogP) is 2.53. The molecule has 13 heavy (non-hydrogen) atoms. The Kier molecular flexibility index (Phi) is 6.81. The molecule has 1 rings (SSSR count). The van der Waals surface area contributed by atoms with Gasteiger partial charge in [-0.25, -0.2) is 0 Å². The minimum atomic E-state index is 0. The predicted molar refractivity (Wildman–Crippen MR) is 51.9 cm³/mol. The van der Waals surface area contributed by atoms with Gasteiger partial charge in [-0.1, -0.05) is 26.5 Å². The van der Waals surface area contributed by atoms with Crippen molar-refractivity contribution >= 4 is 0 Å². The van der Waals surface area contributed by atoms with Gasteiger partial charge in [0.15, 0.2) is 0 Å². The quantitative estimate of drug-likeness (QED) is 0.726. The van der Waals surface area contributed by atoms with Gasteiger partial charge in [0.05, 0.1) is 6.61 Å². The Bertz CT molecular complexity index is 208.